The predicted molar refractivity (Wildman–Crippen MR) is 73.7 cm³/mol. The van der Waals surface area contributed by atoms with Crippen molar-refractivity contribution in [3.8, 4) is 0 Å². The molecule has 3 rings (SSSR count). The summed E-state index contributed by atoms with van der Waals surface area (Å²) >= 11 is 0. The molecule has 3 nitrogen and oxygen atoms in total. The fourth-order valence-electron chi connectivity index (χ4n) is 2.82. The maximum atomic E-state index is 5.43. The van der Waals surface area contributed by atoms with Crippen LogP contribution in [0.15, 0.2) is 18.2 Å². The summed E-state index contributed by atoms with van der Waals surface area (Å²) in [4.78, 5) is 2.56. The molecule has 1 fully saturated rings. The molecule has 3 heteroatoms. The Morgan fingerprint density at radius 1 is 1.06 bits per heavy atom. The van der Waals surface area contributed by atoms with Crippen molar-refractivity contribution < 1.29 is 4.74 Å². The molecule has 0 unspecified atom stereocenters. The fourth-order valence-corrected chi connectivity index (χ4v) is 2.82. The fraction of sp³-hybridized carbons (Fsp3) is 0.600. The molecular formula is C15H22N2O. The van der Waals surface area contributed by atoms with Crippen molar-refractivity contribution in [3.05, 3.63) is 29.3 Å². The number of hydrogen-bond acceptors (Lipinski definition) is 3. The van der Waals surface area contributed by atoms with Gasteiger partial charge in [0.15, 0.2) is 0 Å². The Morgan fingerprint density at radius 3 is 2.78 bits per heavy atom. The van der Waals surface area contributed by atoms with E-state index >= 15 is 0 Å². The van der Waals surface area contributed by atoms with Crippen molar-refractivity contribution in [2.75, 3.05) is 31.5 Å². The Labute approximate surface area is 109 Å². The van der Waals surface area contributed by atoms with E-state index in [2.05, 4.69) is 28.4 Å². The van der Waals surface area contributed by atoms with Gasteiger partial charge < -0.3 is 15.0 Å². The summed E-state index contributed by atoms with van der Waals surface area (Å²) in [5, 5.41) is 3.52. The molecule has 2 aliphatic heterocycles. The first-order chi connectivity index (χ1) is 8.92. The maximum absolute atomic E-state index is 5.43. The van der Waals surface area contributed by atoms with Crippen LogP contribution in [0, 0.1) is 0 Å². The van der Waals surface area contributed by atoms with E-state index in [9.17, 15) is 0 Å². The van der Waals surface area contributed by atoms with E-state index in [1.807, 2.05) is 0 Å². The van der Waals surface area contributed by atoms with Crippen LogP contribution < -0.4 is 5.32 Å². The van der Waals surface area contributed by atoms with Gasteiger partial charge in [0.25, 0.3) is 0 Å². The molecule has 0 saturated carbocycles. The van der Waals surface area contributed by atoms with Gasteiger partial charge in [-0.3, -0.25) is 0 Å². The number of rotatable bonds is 4. The zero-order valence-corrected chi connectivity index (χ0v) is 11.0. The third kappa shape index (κ3) is 2.85. The van der Waals surface area contributed by atoms with E-state index < -0.39 is 0 Å². The SMILES string of the molecule is c1cc2c(cc1NCCN1CCCCC1)COC2. The molecule has 1 saturated heterocycles. The molecule has 0 amide bonds. The lowest BCUT2D eigenvalue weighted by Gasteiger charge is -2.26. The first-order valence-electron chi connectivity index (χ1n) is 7.07. The van der Waals surface area contributed by atoms with Gasteiger partial charge in [-0.2, -0.15) is 0 Å². The quantitative estimate of drug-likeness (QED) is 0.884. The topological polar surface area (TPSA) is 24.5 Å². The van der Waals surface area contributed by atoms with Crippen LogP contribution in [0.4, 0.5) is 5.69 Å². The van der Waals surface area contributed by atoms with Crippen molar-refractivity contribution >= 4 is 5.69 Å². The predicted octanol–water partition coefficient (Wildman–Crippen LogP) is 2.61. The van der Waals surface area contributed by atoms with Crippen LogP contribution >= 0.6 is 0 Å². The molecule has 0 radical (unpaired) electrons. The van der Waals surface area contributed by atoms with Gasteiger partial charge in [-0.1, -0.05) is 12.5 Å². The van der Waals surface area contributed by atoms with Gasteiger partial charge in [-0.15, -0.1) is 0 Å². The Balaban J connectivity index is 1.48. The van der Waals surface area contributed by atoms with Crippen LogP contribution in [0.5, 0.6) is 0 Å². The minimum atomic E-state index is 0.775. The van der Waals surface area contributed by atoms with Gasteiger partial charge in [0.05, 0.1) is 13.2 Å². The van der Waals surface area contributed by atoms with Gasteiger partial charge in [0.1, 0.15) is 0 Å². The second kappa shape index (κ2) is 5.72. The number of nitrogens with one attached hydrogen (secondary N) is 1. The van der Waals surface area contributed by atoms with E-state index in [4.69, 9.17) is 4.74 Å². The highest BCUT2D eigenvalue weighted by molar-refractivity contribution is 5.49. The molecule has 2 heterocycles. The summed E-state index contributed by atoms with van der Waals surface area (Å²) in [6.45, 7) is 6.31. The molecule has 98 valence electrons. The Morgan fingerprint density at radius 2 is 1.89 bits per heavy atom. The van der Waals surface area contributed by atoms with Crippen molar-refractivity contribution in [1.82, 2.24) is 4.90 Å². The molecule has 0 spiro atoms. The molecule has 1 N–H and O–H groups in total. The number of fused-ring (bicyclic) bond motifs is 1. The minimum absolute atomic E-state index is 0.775. The lowest BCUT2D eigenvalue weighted by Crippen LogP contribution is -2.33. The molecule has 0 aliphatic carbocycles. The Bertz CT molecular complexity index is 399. The van der Waals surface area contributed by atoms with Gasteiger partial charge in [0.2, 0.25) is 0 Å². The first-order valence-corrected chi connectivity index (χ1v) is 7.07. The Hall–Kier alpha value is -1.06. The maximum Gasteiger partial charge on any atom is 0.0725 e. The molecule has 1 aromatic rings. The van der Waals surface area contributed by atoms with Crippen LogP contribution in [-0.2, 0) is 18.0 Å². The van der Waals surface area contributed by atoms with Crippen molar-refractivity contribution in [1.29, 1.82) is 0 Å². The summed E-state index contributed by atoms with van der Waals surface area (Å²) in [7, 11) is 0. The number of hydrogen-bond donors (Lipinski definition) is 1. The zero-order chi connectivity index (χ0) is 12.2. The summed E-state index contributed by atoms with van der Waals surface area (Å²) in [5.74, 6) is 0. The van der Waals surface area contributed by atoms with Crippen LogP contribution in [0.3, 0.4) is 0 Å². The highest BCUT2D eigenvalue weighted by atomic mass is 16.5. The van der Waals surface area contributed by atoms with E-state index in [0.717, 1.165) is 26.3 Å². The van der Waals surface area contributed by atoms with Gasteiger partial charge >= 0.3 is 0 Å². The smallest absolute Gasteiger partial charge is 0.0725 e. The molecule has 0 aromatic heterocycles. The van der Waals surface area contributed by atoms with Crippen molar-refractivity contribution in [3.63, 3.8) is 0 Å². The summed E-state index contributed by atoms with van der Waals surface area (Å²) in [6, 6.07) is 6.59. The zero-order valence-electron chi connectivity index (χ0n) is 11.0. The van der Waals surface area contributed by atoms with Gasteiger partial charge in [-0.25, -0.2) is 0 Å². The number of benzene rings is 1. The van der Waals surface area contributed by atoms with Gasteiger partial charge in [0, 0.05) is 18.8 Å². The molecule has 18 heavy (non-hydrogen) atoms. The Kier molecular flexibility index (Phi) is 3.81. The number of nitrogens with zero attached hydrogens (tertiary/aromatic N) is 1. The third-order valence-electron chi connectivity index (χ3n) is 3.93. The second-order valence-electron chi connectivity index (χ2n) is 5.31. The molecule has 2 aliphatic rings. The van der Waals surface area contributed by atoms with Crippen LogP contribution in [-0.4, -0.2) is 31.1 Å². The van der Waals surface area contributed by atoms with E-state index in [1.54, 1.807) is 0 Å². The average molecular weight is 246 g/mol. The second-order valence-corrected chi connectivity index (χ2v) is 5.31. The third-order valence-corrected chi connectivity index (χ3v) is 3.93. The normalized spacial score (nSPS) is 19.8. The first kappa shape index (κ1) is 12.0. The van der Waals surface area contributed by atoms with Gasteiger partial charge in [-0.05, 0) is 49.2 Å². The van der Waals surface area contributed by atoms with Crippen LogP contribution in [0.2, 0.25) is 0 Å². The summed E-state index contributed by atoms with van der Waals surface area (Å²) < 4.78 is 5.43. The average Bonchev–Trinajstić information content (AvgIpc) is 2.87. The number of likely N-dealkylation sites (tertiary alicyclic amines) is 1. The molecule has 0 bridgehead atoms. The monoisotopic (exact) mass is 246 g/mol. The van der Waals surface area contributed by atoms with Crippen LogP contribution in [0.1, 0.15) is 30.4 Å². The van der Waals surface area contributed by atoms with Crippen molar-refractivity contribution in [2.45, 2.75) is 32.5 Å². The standard InChI is InChI=1S/C15H22N2O/c1-2-7-17(8-3-1)9-6-16-15-5-4-13-11-18-12-14(13)10-15/h4-5,10,16H,1-3,6-9,11-12H2. The van der Waals surface area contributed by atoms with Crippen molar-refractivity contribution in [2.24, 2.45) is 0 Å². The molecule has 1 aromatic carbocycles. The lowest BCUT2D eigenvalue weighted by molar-refractivity contribution is 0.134. The largest absolute Gasteiger partial charge is 0.384 e. The van der Waals surface area contributed by atoms with Crippen LogP contribution in [0.25, 0.3) is 0 Å². The molecule has 0 atom stereocenters. The number of ether oxygens (including phenoxy) is 1. The van der Waals surface area contributed by atoms with E-state index in [0.29, 0.717) is 0 Å². The number of piperidine rings is 1. The lowest BCUT2D eigenvalue weighted by atomic mass is 10.1. The summed E-state index contributed by atoms with van der Waals surface area (Å²) in [5.41, 5.74) is 3.92. The minimum Gasteiger partial charge on any atom is -0.384 e. The van der Waals surface area contributed by atoms with E-state index in [-0.39, 0.29) is 0 Å². The van der Waals surface area contributed by atoms with E-state index in [1.165, 1.54) is 49.2 Å². The highest BCUT2D eigenvalue weighted by Crippen LogP contribution is 2.23. The summed E-state index contributed by atoms with van der Waals surface area (Å²) in [6.07, 6.45) is 4.15. The molecular weight excluding hydrogens is 224 g/mol. The number of anilines is 1. The highest BCUT2D eigenvalue weighted by Gasteiger charge is 2.12.